The van der Waals surface area contributed by atoms with Gasteiger partial charge in [-0.25, -0.2) is 5.43 Å². The number of methoxy groups -OCH3 is 1. The predicted octanol–water partition coefficient (Wildman–Crippen LogP) is 5.78. The normalized spacial score (nSPS) is 15.6. The molecule has 0 bridgehead atoms. The van der Waals surface area contributed by atoms with E-state index in [1.54, 1.807) is 13.2 Å². The molecule has 1 fully saturated rings. The lowest BCUT2D eigenvalue weighted by atomic mass is 9.94. The average Bonchev–Trinajstić information content (AvgIpc) is 2.71. The summed E-state index contributed by atoms with van der Waals surface area (Å²) in [5.41, 5.74) is 11.8. The second-order valence-corrected chi connectivity index (χ2v) is 8.80. The highest BCUT2D eigenvalue weighted by atomic mass is 16.5. The molecule has 1 aliphatic heterocycles. The zero-order valence-electron chi connectivity index (χ0n) is 20.4. The quantitative estimate of drug-likeness (QED) is 0.383. The van der Waals surface area contributed by atoms with E-state index in [9.17, 15) is 0 Å². The Morgan fingerprint density at radius 1 is 1.23 bits per heavy atom. The van der Waals surface area contributed by atoms with Gasteiger partial charge in [-0.1, -0.05) is 55.2 Å². The Hall–Kier alpha value is -2.56. The SMILES string of the molecule is C=C/C=C\C(=C/N(NCc1c(C)cccc1C)C(C)=C(C)C)C(=C)N1CC(C)(OC)C1. The van der Waals surface area contributed by atoms with Crippen LogP contribution in [0.15, 0.2) is 78.3 Å². The Labute approximate surface area is 189 Å². The Morgan fingerprint density at radius 2 is 1.84 bits per heavy atom. The summed E-state index contributed by atoms with van der Waals surface area (Å²) in [6.45, 7) is 23.5. The fraction of sp³-hybridized carbons (Fsp3) is 0.407. The third kappa shape index (κ3) is 6.22. The van der Waals surface area contributed by atoms with Gasteiger partial charge in [0.1, 0.15) is 0 Å². The molecule has 1 aromatic carbocycles. The molecule has 0 radical (unpaired) electrons. The van der Waals surface area contributed by atoms with Gasteiger partial charge in [0.2, 0.25) is 0 Å². The molecule has 4 nitrogen and oxygen atoms in total. The van der Waals surface area contributed by atoms with Gasteiger partial charge in [-0.05, 0) is 58.2 Å². The minimum absolute atomic E-state index is 0.105. The first kappa shape index (κ1) is 24.7. The molecule has 1 saturated heterocycles. The van der Waals surface area contributed by atoms with Crippen molar-refractivity contribution in [1.29, 1.82) is 0 Å². The maximum Gasteiger partial charge on any atom is 0.0998 e. The summed E-state index contributed by atoms with van der Waals surface area (Å²) in [7, 11) is 1.77. The van der Waals surface area contributed by atoms with E-state index in [0.29, 0.717) is 0 Å². The predicted molar refractivity (Wildman–Crippen MR) is 132 cm³/mol. The lowest BCUT2D eigenvalue weighted by Gasteiger charge is -2.49. The molecule has 0 unspecified atom stereocenters. The average molecular weight is 422 g/mol. The van der Waals surface area contributed by atoms with Crippen molar-refractivity contribution in [3.05, 3.63) is 95.0 Å². The van der Waals surface area contributed by atoms with E-state index in [4.69, 9.17) is 4.74 Å². The molecule has 0 aliphatic carbocycles. The summed E-state index contributed by atoms with van der Waals surface area (Å²) in [6, 6.07) is 6.43. The first-order valence-electron chi connectivity index (χ1n) is 10.8. The number of ether oxygens (including phenoxy) is 1. The van der Waals surface area contributed by atoms with Gasteiger partial charge in [-0.15, -0.1) is 0 Å². The molecule has 0 aromatic heterocycles. The molecule has 1 N–H and O–H groups in total. The van der Waals surface area contributed by atoms with Gasteiger partial charge < -0.3 is 9.64 Å². The zero-order chi connectivity index (χ0) is 23.2. The highest BCUT2D eigenvalue weighted by Crippen LogP contribution is 2.30. The molecule has 1 heterocycles. The molecule has 168 valence electrons. The number of rotatable bonds is 10. The number of hydrogen-bond acceptors (Lipinski definition) is 4. The van der Waals surface area contributed by atoms with Crippen molar-refractivity contribution in [2.75, 3.05) is 20.2 Å². The number of allylic oxidation sites excluding steroid dienone is 5. The van der Waals surface area contributed by atoms with Gasteiger partial charge in [0.15, 0.2) is 0 Å². The van der Waals surface area contributed by atoms with E-state index in [-0.39, 0.29) is 5.60 Å². The molecule has 0 amide bonds. The number of likely N-dealkylation sites (tertiary alicyclic amines) is 1. The molecule has 0 atom stereocenters. The summed E-state index contributed by atoms with van der Waals surface area (Å²) in [4.78, 5) is 2.25. The Morgan fingerprint density at radius 3 is 2.35 bits per heavy atom. The Bertz CT molecular complexity index is 877. The van der Waals surface area contributed by atoms with E-state index < -0.39 is 0 Å². The minimum atomic E-state index is -0.105. The first-order valence-corrected chi connectivity index (χ1v) is 10.8. The van der Waals surface area contributed by atoms with Crippen LogP contribution in [0.3, 0.4) is 0 Å². The zero-order valence-corrected chi connectivity index (χ0v) is 20.4. The minimum Gasteiger partial charge on any atom is -0.375 e. The highest BCUT2D eigenvalue weighted by Gasteiger charge is 2.39. The monoisotopic (exact) mass is 421 g/mol. The number of nitrogens with zero attached hydrogens (tertiary/aromatic N) is 2. The second kappa shape index (κ2) is 10.7. The van der Waals surface area contributed by atoms with Crippen LogP contribution in [0.5, 0.6) is 0 Å². The van der Waals surface area contributed by atoms with Crippen LogP contribution in [0, 0.1) is 13.8 Å². The van der Waals surface area contributed by atoms with Gasteiger partial charge in [0.25, 0.3) is 0 Å². The lowest BCUT2D eigenvalue weighted by Crippen LogP contribution is -2.60. The number of hydrazine groups is 1. The number of benzene rings is 1. The fourth-order valence-corrected chi connectivity index (χ4v) is 3.58. The summed E-state index contributed by atoms with van der Waals surface area (Å²) in [5.74, 6) is 0. The summed E-state index contributed by atoms with van der Waals surface area (Å²) >= 11 is 0. The van der Waals surface area contributed by atoms with Crippen molar-refractivity contribution in [3.63, 3.8) is 0 Å². The Kier molecular flexibility index (Phi) is 8.49. The van der Waals surface area contributed by atoms with Crippen LogP contribution in [-0.2, 0) is 11.3 Å². The van der Waals surface area contributed by atoms with Gasteiger partial charge in [-0.3, -0.25) is 5.01 Å². The molecule has 2 rings (SSSR count). The number of hydrogen-bond donors (Lipinski definition) is 1. The molecule has 1 aromatic rings. The summed E-state index contributed by atoms with van der Waals surface area (Å²) in [6.07, 6.45) is 7.93. The molecule has 31 heavy (non-hydrogen) atoms. The summed E-state index contributed by atoms with van der Waals surface area (Å²) < 4.78 is 5.61. The van der Waals surface area contributed by atoms with Crippen LogP contribution in [0.1, 0.15) is 44.4 Å². The fourth-order valence-electron chi connectivity index (χ4n) is 3.58. The smallest absolute Gasteiger partial charge is 0.0998 e. The van der Waals surface area contributed by atoms with Crippen molar-refractivity contribution in [2.24, 2.45) is 0 Å². The van der Waals surface area contributed by atoms with Crippen LogP contribution in [0.25, 0.3) is 0 Å². The molecule has 0 saturated carbocycles. The highest BCUT2D eigenvalue weighted by molar-refractivity contribution is 5.40. The van der Waals surface area contributed by atoms with Crippen LogP contribution >= 0.6 is 0 Å². The second-order valence-electron chi connectivity index (χ2n) is 8.80. The molecular weight excluding hydrogens is 382 g/mol. The van der Waals surface area contributed by atoms with Crippen molar-refractivity contribution >= 4 is 0 Å². The topological polar surface area (TPSA) is 27.7 Å². The van der Waals surface area contributed by atoms with Crippen LogP contribution < -0.4 is 5.43 Å². The van der Waals surface area contributed by atoms with Gasteiger partial charge >= 0.3 is 0 Å². The van der Waals surface area contributed by atoms with Crippen LogP contribution in [-0.4, -0.2) is 35.7 Å². The summed E-state index contributed by atoms with van der Waals surface area (Å²) in [5, 5.41) is 2.12. The van der Waals surface area contributed by atoms with Crippen molar-refractivity contribution in [3.8, 4) is 0 Å². The van der Waals surface area contributed by atoms with Crippen molar-refractivity contribution < 1.29 is 4.74 Å². The number of nitrogens with one attached hydrogen (secondary N) is 1. The molecular formula is C27H39N3O. The maximum absolute atomic E-state index is 5.61. The Balaban J connectivity index is 2.33. The van der Waals surface area contributed by atoms with Crippen LogP contribution in [0.2, 0.25) is 0 Å². The van der Waals surface area contributed by atoms with Crippen molar-refractivity contribution in [2.45, 2.75) is 53.7 Å². The van der Waals surface area contributed by atoms with Gasteiger partial charge in [-0.2, -0.15) is 0 Å². The van der Waals surface area contributed by atoms with E-state index in [1.165, 1.54) is 22.3 Å². The third-order valence-electron chi connectivity index (χ3n) is 6.09. The largest absolute Gasteiger partial charge is 0.375 e. The third-order valence-corrected chi connectivity index (χ3v) is 6.09. The van der Waals surface area contributed by atoms with Crippen molar-refractivity contribution in [1.82, 2.24) is 15.3 Å². The van der Waals surface area contributed by atoms with E-state index >= 15 is 0 Å². The van der Waals surface area contributed by atoms with E-state index in [0.717, 1.165) is 36.6 Å². The lowest BCUT2D eigenvalue weighted by molar-refractivity contribution is -0.0954. The van der Waals surface area contributed by atoms with E-state index in [1.807, 2.05) is 6.08 Å². The molecule has 0 spiro atoms. The first-order chi connectivity index (χ1) is 14.6. The standard InChI is InChI=1S/C27H39N3O/c1-10-11-15-25(24(7)29-18-27(8,19-29)31-9)17-30(23(6)20(2)3)28-16-26-21(4)13-12-14-22(26)5/h10-15,17,28H,1,7,16,18-19H2,2-6,8-9H3/b15-11-,25-17+. The van der Waals surface area contributed by atoms with Gasteiger partial charge in [0.05, 0.1) is 5.60 Å². The van der Waals surface area contributed by atoms with Gasteiger partial charge in [0, 0.05) is 49.9 Å². The number of aryl methyl sites for hydroxylation is 2. The molecule has 4 heteroatoms. The molecule has 1 aliphatic rings. The maximum atomic E-state index is 5.61. The van der Waals surface area contributed by atoms with Crippen LogP contribution in [0.4, 0.5) is 0 Å². The van der Waals surface area contributed by atoms with E-state index in [2.05, 4.69) is 101 Å².